The predicted molar refractivity (Wildman–Crippen MR) is 123 cm³/mol. The lowest BCUT2D eigenvalue weighted by atomic mass is 9.74. The second-order valence-electron chi connectivity index (χ2n) is 8.85. The summed E-state index contributed by atoms with van der Waals surface area (Å²) in [6.07, 6.45) is 8.52. The minimum absolute atomic E-state index is 0.00378. The number of piperidine rings is 2. The molecule has 1 spiro atoms. The molecule has 0 bridgehead atoms. The molecule has 2 amide bonds. The molecular formula is C24H35N5O. The third-order valence-electron chi connectivity index (χ3n) is 7.29. The quantitative estimate of drug-likeness (QED) is 0.600. The first kappa shape index (κ1) is 20.9. The van der Waals surface area contributed by atoms with E-state index in [4.69, 9.17) is 0 Å². The number of urea groups is 1. The maximum absolute atomic E-state index is 12.5. The Hall–Kier alpha value is -2.34. The molecule has 2 saturated heterocycles. The minimum Gasteiger partial charge on any atom is -0.360 e. The fourth-order valence-electron chi connectivity index (χ4n) is 5.51. The Morgan fingerprint density at radius 1 is 1.17 bits per heavy atom. The number of anilines is 1. The van der Waals surface area contributed by atoms with Crippen LogP contribution in [0.5, 0.6) is 0 Å². The van der Waals surface area contributed by atoms with Gasteiger partial charge < -0.3 is 15.1 Å². The molecule has 3 aliphatic rings. The van der Waals surface area contributed by atoms with Gasteiger partial charge in [-0.05, 0) is 64.3 Å². The van der Waals surface area contributed by atoms with Gasteiger partial charge >= 0.3 is 6.03 Å². The number of benzene rings is 1. The molecule has 1 N–H and O–H groups in total. The Labute approximate surface area is 180 Å². The number of hydrogen-bond donors (Lipinski definition) is 1. The van der Waals surface area contributed by atoms with Crippen molar-refractivity contribution in [2.24, 2.45) is 4.99 Å². The lowest BCUT2D eigenvalue weighted by Gasteiger charge is -2.45. The number of likely N-dealkylation sites (tertiary alicyclic amines) is 2. The summed E-state index contributed by atoms with van der Waals surface area (Å²) in [6, 6.07) is 9.16. The molecule has 30 heavy (non-hydrogen) atoms. The van der Waals surface area contributed by atoms with Gasteiger partial charge in [0.2, 0.25) is 0 Å². The standard InChI is InChI=1S/C24H35N5O/c1-4-13-26-19(2)27-14-9-20(10-15-27)28-16-11-24(12-17-28)18-29(23(30)25-3)22-8-6-5-7-21(22)24/h4-8,13,20H,9-12,14-18H2,1-3H3,(H,25,30)/b13-4-,26-19+. The molecule has 2 fully saturated rings. The van der Waals surface area contributed by atoms with Crippen molar-refractivity contribution in [3.8, 4) is 0 Å². The van der Waals surface area contributed by atoms with Gasteiger partial charge in [0, 0.05) is 50.0 Å². The van der Waals surface area contributed by atoms with Crippen LogP contribution in [0.3, 0.4) is 0 Å². The summed E-state index contributed by atoms with van der Waals surface area (Å²) in [5.41, 5.74) is 2.56. The first-order valence-corrected chi connectivity index (χ1v) is 11.3. The van der Waals surface area contributed by atoms with Crippen LogP contribution in [-0.2, 0) is 5.41 Å². The number of nitrogens with zero attached hydrogens (tertiary/aromatic N) is 4. The molecule has 3 aliphatic heterocycles. The molecule has 0 radical (unpaired) electrons. The molecule has 0 atom stereocenters. The number of amides is 2. The minimum atomic E-state index is 0.00378. The highest BCUT2D eigenvalue weighted by atomic mass is 16.2. The van der Waals surface area contributed by atoms with Crippen LogP contribution in [0, 0.1) is 0 Å². The Morgan fingerprint density at radius 2 is 1.87 bits per heavy atom. The largest absolute Gasteiger partial charge is 0.360 e. The van der Waals surface area contributed by atoms with Crippen LogP contribution < -0.4 is 10.2 Å². The SMILES string of the molecule is C/C=C\N=C(/C)N1CCC(N2CCC3(CC2)CN(C(=O)NC)c2ccccc23)CC1. The summed E-state index contributed by atoms with van der Waals surface area (Å²) in [5, 5.41) is 2.81. The number of carbonyl (C=O) groups is 1. The molecule has 6 heteroatoms. The van der Waals surface area contributed by atoms with E-state index in [-0.39, 0.29) is 11.4 Å². The highest BCUT2D eigenvalue weighted by Gasteiger charge is 2.46. The second kappa shape index (κ2) is 8.80. The van der Waals surface area contributed by atoms with Crippen molar-refractivity contribution in [3.63, 3.8) is 0 Å². The number of amidine groups is 1. The molecular weight excluding hydrogens is 374 g/mol. The Morgan fingerprint density at radius 3 is 2.53 bits per heavy atom. The number of aliphatic imine (C=N–C) groups is 1. The molecule has 3 heterocycles. The molecule has 162 valence electrons. The zero-order chi connectivity index (χ0) is 21.1. The normalized spacial score (nSPS) is 22.7. The number of rotatable bonds is 2. The van der Waals surface area contributed by atoms with E-state index in [1.165, 1.54) is 18.4 Å². The van der Waals surface area contributed by atoms with Gasteiger partial charge in [-0.3, -0.25) is 4.90 Å². The molecule has 1 aromatic carbocycles. The zero-order valence-corrected chi connectivity index (χ0v) is 18.6. The number of allylic oxidation sites excluding steroid dienone is 1. The fraction of sp³-hybridized carbons (Fsp3) is 0.583. The van der Waals surface area contributed by atoms with Crippen LogP contribution in [0.1, 0.15) is 45.1 Å². The molecule has 0 aromatic heterocycles. The van der Waals surface area contributed by atoms with E-state index in [0.29, 0.717) is 6.04 Å². The monoisotopic (exact) mass is 409 g/mol. The van der Waals surface area contributed by atoms with Gasteiger partial charge in [-0.25, -0.2) is 9.79 Å². The maximum Gasteiger partial charge on any atom is 0.321 e. The summed E-state index contributed by atoms with van der Waals surface area (Å²) in [6.45, 7) is 9.33. The topological polar surface area (TPSA) is 51.2 Å². The van der Waals surface area contributed by atoms with Crippen LogP contribution in [0.25, 0.3) is 0 Å². The van der Waals surface area contributed by atoms with E-state index in [2.05, 4.69) is 45.2 Å². The second-order valence-corrected chi connectivity index (χ2v) is 8.85. The number of carbonyl (C=O) groups excluding carboxylic acids is 1. The van der Waals surface area contributed by atoms with Gasteiger partial charge in [0.05, 0.1) is 0 Å². The Kier molecular flexibility index (Phi) is 6.14. The highest BCUT2D eigenvalue weighted by Crippen LogP contribution is 2.47. The van der Waals surface area contributed by atoms with Crippen LogP contribution >= 0.6 is 0 Å². The fourth-order valence-corrected chi connectivity index (χ4v) is 5.51. The van der Waals surface area contributed by atoms with Crippen LogP contribution in [0.15, 0.2) is 41.5 Å². The van der Waals surface area contributed by atoms with E-state index in [9.17, 15) is 4.79 Å². The summed E-state index contributed by atoms with van der Waals surface area (Å²) >= 11 is 0. The number of fused-ring (bicyclic) bond motifs is 2. The number of hydrogen-bond acceptors (Lipinski definition) is 3. The molecule has 6 nitrogen and oxygen atoms in total. The predicted octanol–water partition coefficient (Wildman–Crippen LogP) is 3.60. The van der Waals surface area contributed by atoms with Crippen molar-refractivity contribution in [2.45, 2.75) is 51.0 Å². The van der Waals surface area contributed by atoms with E-state index in [1.54, 1.807) is 7.05 Å². The molecule has 4 rings (SSSR count). The average molecular weight is 410 g/mol. The first-order chi connectivity index (χ1) is 14.6. The van der Waals surface area contributed by atoms with Crippen LogP contribution in [0.2, 0.25) is 0 Å². The van der Waals surface area contributed by atoms with E-state index < -0.39 is 0 Å². The molecule has 1 aromatic rings. The van der Waals surface area contributed by atoms with Gasteiger partial charge in [-0.2, -0.15) is 0 Å². The summed E-state index contributed by atoms with van der Waals surface area (Å²) in [7, 11) is 1.72. The van der Waals surface area contributed by atoms with Crippen molar-refractivity contribution in [2.75, 3.05) is 44.7 Å². The highest BCUT2D eigenvalue weighted by molar-refractivity contribution is 5.95. The van der Waals surface area contributed by atoms with Crippen molar-refractivity contribution < 1.29 is 4.79 Å². The van der Waals surface area contributed by atoms with Crippen LogP contribution in [0.4, 0.5) is 10.5 Å². The Bertz CT molecular complexity index is 817. The van der Waals surface area contributed by atoms with Crippen LogP contribution in [-0.4, -0.2) is 67.5 Å². The zero-order valence-electron chi connectivity index (χ0n) is 18.6. The summed E-state index contributed by atoms with van der Waals surface area (Å²) in [4.78, 5) is 24.0. The van der Waals surface area contributed by atoms with Gasteiger partial charge in [-0.1, -0.05) is 24.3 Å². The average Bonchev–Trinajstić information content (AvgIpc) is 3.12. The smallest absolute Gasteiger partial charge is 0.321 e. The van der Waals surface area contributed by atoms with Crippen molar-refractivity contribution >= 4 is 17.6 Å². The summed E-state index contributed by atoms with van der Waals surface area (Å²) < 4.78 is 0. The van der Waals surface area contributed by atoms with Gasteiger partial charge in [-0.15, -0.1) is 0 Å². The molecule has 0 saturated carbocycles. The lowest BCUT2D eigenvalue weighted by molar-refractivity contribution is 0.0865. The third kappa shape index (κ3) is 3.85. The van der Waals surface area contributed by atoms with Gasteiger partial charge in [0.1, 0.15) is 5.84 Å². The third-order valence-corrected chi connectivity index (χ3v) is 7.29. The number of nitrogens with one attached hydrogen (secondary N) is 1. The van der Waals surface area contributed by atoms with E-state index >= 15 is 0 Å². The molecule has 0 unspecified atom stereocenters. The van der Waals surface area contributed by atoms with Crippen molar-refractivity contribution in [1.82, 2.24) is 15.1 Å². The van der Waals surface area contributed by atoms with E-state index in [1.807, 2.05) is 30.2 Å². The maximum atomic E-state index is 12.5. The van der Waals surface area contributed by atoms with Gasteiger partial charge in [0.25, 0.3) is 0 Å². The number of para-hydroxylation sites is 1. The van der Waals surface area contributed by atoms with Gasteiger partial charge in [0.15, 0.2) is 0 Å². The Balaban J connectivity index is 1.38. The lowest BCUT2D eigenvalue weighted by Crippen LogP contribution is -2.52. The first-order valence-electron chi connectivity index (χ1n) is 11.3. The summed E-state index contributed by atoms with van der Waals surface area (Å²) in [5.74, 6) is 1.13. The molecule has 0 aliphatic carbocycles. The van der Waals surface area contributed by atoms with Crippen molar-refractivity contribution in [3.05, 3.63) is 42.1 Å². The van der Waals surface area contributed by atoms with E-state index in [0.717, 1.165) is 57.1 Å². The van der Waals surface area contributed by atoms with Crippen molar-refractivity contribution in [1.29, 1.82) is 0 Å².